The van der Waals surface area contributed by atoms with Gasteiger partial charge in [-0.3, -0.25) is 4.18 Å². The Morgan fingerprint density at radius 1 is 1.31 bits per heavy atom. The van der Waals surface area contributed by atoms with Crippen LogP contribution in [0.3, 0.4) is 0 Å². The van der Waals surface area contributed by atoms with Crippen molar-refractivity contribution in [1.29, 1.82) is 0 Å². The molecule has 1 fully saturated rings. The first-order valence-corrected chi connectivity index (χ1v) is 12.9. The number of nitrogens with one attached hydrogen (secondary N) is 1. The molecule has 16 heteroatoms. The molecule has 0 radical (unpaired) electrons. The number of aliphatic hydroxyl groups excluding tert-OH is 2. The minimum atomic E-state index is -4.50. The smallest absolute Gasteiger partial charge is 0.393 e. The van der Waals surface area contributed by atoms with Gasteiger partial charge in [0, 0.05) is 52.8 Å². The molecule has 1 saturated carbocycles. The molecule has 3 aromatic rings. The molecule has 4 atom stereocenters. The van der Waals surface area contributed by atoms with E-state index >= 15 is 0 Å². The lowest BCUT2D eigenvalue weighted by molar-refractivity contribution is -0.137. The Bertz CT molecular complexity index is 1300. The third-order valence-electron chi connectivity index (χ3n) is 5.70. The Balaban J connectivity index is 1.43. The third kappa shape index (κ3) is 6.57. The molecule has 0 bridgehead atoms. The van der Waals surface area contributed by atoms with Crippen molar-refractivity contribution in [3.63, 3.8) is 0 Å². The topological polar surface area (TPSA) is 165 Å². The van der Waals surface area contributed by atoms with Crippen LogP contribution in [0.15, 0.2) is 37.2 Å². The fraction of sp³-hybridized carbons (Fsp3) is 0.450. The number of hydrogen-bond donors (Lipinski definition) is 4. The van der Waals surface area contributed by atoms with Gasteiger partial charge in [-0.25, -0.2) is 20.1 Å². The number of alkyl halides is 3. The van der Waals surface area contributed by atoms with E-state index in [2.05, 4.69) is 24.5 Å². The zero-order valence-corrected chi connectivity index (χ0v) is 20.2. The molecule has 0 aromatic carbocycles. The monoisotopic (exact) mass is 548 g/mol. The molecule has 1 aliphatic carbocycles. The summed E-state index contributed by atoms with van der Waals surface area (Å²) in [5, 5.41) is 28.3. The summed E-state index contributed by atoms with van der Waals surface area (Å²) in [4.78, 5) is 12.0. The molecule has 4 rings (SSSR count). The van der Waals surface area contributed by atoms with Crippen LogP contribution in [-0.4, -0.2) is 56.9 Å². The fourth-order valence-electron chi connectivity index (χ4n) is 4.03. The third-order valence-corrected chi connectivity index (χ3v) is 7.19. The summed E-state index contributed by atoms with van der Waals surface area (Å²) in [6.45, 7) is -0.103. The van der Waals surface area contributed by atoms with Gasteiger partial charge in [-0.2, -0.15) is 21.6 Å². The molecule has 0 spiro atoms. The Morgan fingerprint density at radius 3 is 2.78 bits per heavy atom. The average molecular weight is 549 g/mol. The molecule has 3 aromatic heterocycles. The van der Waals surface area contributed by atoms with Crippen molar-refractivity contribution >= 4 is 27.5 Å². The fourth-order valence-corrected chi connectivity index (χ4v) is 5.18. The van der Waals surface area contributed by atoms with E-state index in [1.807, 2.05) is 0 Å². The van der Waals surface area contributed by atoms with Crippen molar-refractivity contribution in [2.75, 3.05) is 11.9 Å². The summed E-state index contributed by atoms with van der Waals surface area (Å²) < 4.78 is 66.7. The van der Waals surface area contributed by atoms with Gasteiger partial charge in [0.05, 0.1) is 19.3 Å². The zero-order chi connectivity index (χ0) is 26.1. The van der Waals surface area contributed by atoms with Crippen LogP contribution in [-0.2, 0) is 27.2 Å². The predicted molar refractivity (Wildman–Crippen MR) is 122 cm³/mol. The Kier molecular flexibility index (Phi) is 7.63. The van der Waals surface area contributed by atoms with Crippen molar-refractivity contribution in [2.24, 2.45) is 11.1 Å². The zero-order valence-electron chi connectivity index (χ0n) is 18.5. The normalized spacial score (nSPS) is 21.6. The summed E-state index contributed by atoms with van der Waals surface area (Å²) in [5.41, 5.74) is 0.824. The van der Waals surface area contributed by atoms with Crippen LogP contribution in [0.5, 0.6) is 0 Å². The minimum Gasteiger partial charge on any atom is -0.393 e. The molecule has 1 aliphatic rings. The molecule has 0 amide bonds. The number of thiazole rings is 1. The van der Waals surface area contributed by atoms with Crippen molar-refractivity contribution in [3.8, 4) is 0 Å². The standard InChI is InChI=1S/C20H23F3N6O5S2/c21-20(22,23)19-26-5-14(35-19)8-29-2-1-11(7-29)17(31)15-6-25-10-27-18(15)28-13-3-12(16(30)4-13)9-34-36(24,32)33/h1-2,5-7,10,12-13,16-17,30-31H,3-4,8-9H2,(H2,24,32,33)(H,25,27,28)/t12-,13-,16+,17?/m1/s1. The summed E-state index contributed by atoms with van der Waals surface area (Å²) in [6, 6.07) is 1.35. The summed E-state index contributed by atoms with van der Waals surface area (Å²) in [5.74, 6) is -0.137. The highest BCUT2D eigenvalue weighted by Crippen LogP contribution is 2.34. The van der Waals surface area contributed by atoms with Gasteiger partial charge in [-0.15, -0.1) is 11.3 Å². The van der Waals surface area contributed by atoms with Crippen LogP contribution in [0, 0.1) is 5.92 Å². The molecule has 3 heterocycles. The lowest BCUT2D eigenvalue weighted by atomic mass is 10.1. The number of hydrogen-bond acceptors (Lipinski definition) is 10. The van der Waals surface area contributed by atoms with Crippen LogP contribution >= 0.6 is 11.3 Å². The van der Waals surface area contributed by atoms with Gasteiger partial charge in [0.15, 0.2) is 5.01 Å². The Labute approximate surface area is 208 Å². The largest absolute Gasteiger partial charge is 0.443 e. The van der Waals surface area contributed by atoms with Crippen molar-refractivity contribution in [3.05, 3.63) is 58.2 Å². The number of halogens is 3. The van der Waals surface area contributed by atoms with E-state index in [1.165, 1.54) is 18.7 Å². The van der Waals surface area contributed by atoms with Gasteiger partial charge in [-0.1, -0.05) is 0 Å². The second-order valence-corrected chi connectivity index (χ2v) is 10.7. The number of rotatable bonds is 9. The van der Waals surface area contributed by atoms with Crippen molar-refractivity contribution in [2.45, 2.75) is 43.8 Å². The lowest BCUT2D eigenvalue weighted by Gasteiger charge is -2.18. The molecule has 36 heavy (non-hydrogen) atoms. The summed E-state index contributed by atoms with van der Waals surface area (Å²) in [7, 11) is -4.12. The molecule has 11 nitrogen and oxygen atoms in total. The molecular formula is C20H23F3N6O5S2. The van der Waals surface area contributed by atoms with Crippen LogP contribution < -0.4 is 10.5 Å². The maximum absolute atomic E-state index is 12.8. The lowest BCUT2D eigenvalue weighted by Crippen LogP contribution is -2.24. The van der Waals surface area contributed by atoms with Crippen LogP contribution in [0.4, 0.5) is 19.0 Å². The quantitative estimate of drug-likeness (QED) is 0.311. The van der Waals surface area contributed by atoms with E-state index in [-0.39, 0.29) is 19.2 Å². The summed E-state index contributed by atoms with van der Waals surface area (Å²) >= 11 is 0.555. The van der Waals surface area contributed by atoms with Crippen molar-refractivity contribution in [1.82, 2.24) is 19.5 Å². The summed E-state index contributed by atoms with van der Waals surface area (Å²) in [6.07, 6.45) is 1.34. The van der Waals surface area contributed by atoms with Crippen LogP contribution in [0.2, 0.25) is 0 Å². The predicted octanol–water partition coefficient (Wildman–Crippen LogP) is 1.65. The molecule has 1 unspecified atom stereocenters. The molecule has 0 saturated heterocycles. The van der Waals surface area contributed by atoms with E-state index in [9.17, 15) is 31.8 Å². The Hall–Kier alpha value is -2.63. The van der Waals surface area contributed by atoms with E-state index in [0.717, 1.165) is 0 Å². The highest BCUT2D eigenvalue weighted by Gasteiger charge is 2.35. The van der Waals surface area contributed by atoms with Gasteiger partial charge >= 0.3 is 16.5 Å². The first-order valence-electron chi connectivity index (χ1n) is 10.7. The van der Waals surface area contributed by atoms with Gasteiger partial charge in [-0.05, 0) is 18.9 Å². The van der Waals surface area contributed by atoms with Crippen molar-refractivity contribution < 1.29 is 36.0 Å². The second-order valence-electron chi connectivity index (χ2n) is 8.39. The van der Waals surface area contributed by atoms with Crippen LogP contribution in [0.25, 0.3) is 0 Å². The molecule has 5 N–H and O–H groups in total. The van der Waals surface area contributed by atoms with E-state index in [1.54, 1.807) is 23.0 Å². The SMILES string of the molecule is NS(=O)(=O)OC[C@H]1C[C@@H](Nc2ncncc2C(O)c2ccn(Cc3cnc(C(F)(F)F)s3)c2)C[C@@H]1O. The highest BCUT2D eigenvalue weighted by atomic mass is 32.2. The number of nitrogens with zero attached hydrogens (tertiary/aromatic N) is 4. The number of aromatic nitrogens is 4. The van der Waals surface area contributed by atoms with Gasteiger partial charge < -0.3 is 20.1 Å². The van der Waals surface area contributed by atoms with Gasteiger partial charge in [0.25, 0.3) is 0 Å². The van der Waals surface area contributed by atoms with E-state index < -0.39 is 39.6 Å². The first kappa shape index (κ1) is 26.4. The minimum absolute atomic E-state index is 0.152. The Morgan fingerprint density at radius 2 is 2.08 bits per heavy atom. The highest BCUT2D eigenvalue weighted by molar-refractivity contribution is 7.84. The second kappa shape index (κ2) is 10.4. The number of nitrogens with two attached hydrogens (primary N) is 1. The number of anilines is 1. The van der Waals surface area contributed by atoms with Crippen LogP contribution in [0.1, 0.15) is 40.0 Å². The van der Waals surface area contributed by atoms with E-state index in [4.69, 9.17) is 5.14 Å². The maximum Gasteiger partial charge on any atom is 0.443 e. The molecule has 0 aliphatic heterocycles. The maximum atomic E-state index is 12.8. The van der Waals surface area contributed by atoms with Gasteiger partial charge in [0.2, 0.25) is 0 Å². The van der Waals surface area contributed by atoms with E-state index in [0.29, 0.717) is 46.0 Å². The average Bonchev–Trinajstić information content (AvgIpc) is 3.52. The van der Waals surface area contributed by atoms with Gasteiger partial charge in [0.1, 0.15) is 18.2 Å². The molecular weight excluding hydrogens is 525 g/mol. The first-order chi connectivity index (χ1) is 16.9. The number of aliphatic hydroxyl groups is 2. The molecule has 196 valence electrons.